The van der Waals surface area contributed by atoms with E-state index in [1.165, 1.54) is 36.6 Å². The largest absolute Gasteiger partial charge is 0.453 e. The first-order valence-electron chi connectivity index (χ1n) is 7.13. The molecule has 3 aromatic rings. The van der Waals surface area contributed by atoms with Crippen molar-refractivity contribution in [3.8, 4) is 11.5 Å². The molecule has 0 aromatic heterocycles. The standard InChI is InChI=1S/C18H9NOS2/c1-4-10-16-12(6-1)21-14-8-3-9-15-18(14)19(16)17-11(20-10)5-2-7-13(17)22-15/h1-9H. The van der Waals surface area contributed by atoms with Gasteiger partial charge in [-0.25, -0.2) is 0 Å². The molecule has 0 fully saturated rings. The molecular weight excluding hydrogens is 310 g/mol. The van der Waals surface area contributed by atoms with Crippen molar-refractivity contribution in [3.05, 3.63) is 54.6 Å². The first-order chi connectivity index (χ1) is 10.9. The molecule has 0 radical (unpaired) electrons. The van der Waals surface area contributed by atoms with Gasteiger partial charge in [0.15, 0.2) is 11.5 Å². The van der Waals surface area contributed by atoms with Gasteiger partial charge in [0.25, 0.3) is 0 Å². The molecule has 0 atom stereocenters. The van der Waals surface area contributed by atoms with Crippen molar-refractivity contribution in [2.75, 3.05) is 4.90 Å². The topological polar surface area (TPSA) is 12.5 Å². The Morgan fingerprint density at radius 2 is 1.05 bits per heavy atom. The second kappa shape index (κ2) is 3.83. The van der Waals surface area contributed by atoms with Crippen LogP contribution < -0.4 is 9.64 Å². The highest BCUT2D eigenvalue weighted by atomic mass is 32.2. The molecule has 0 N–H and O–H groups in total. The first-order valence-corrected chi connectivity index (χ1v) is 8.76. The quantitative estimate of drug-likeness (QED) is 0.331. The van der Waals surface area contributed by atoms with Gasteiger partial charge in [-0.1, -0.05) is 41.7 Å². The lowest BCUT2D eigenvalue weighted by atomic mass is 10.1. The summed E-state index contributed by atoms with van der Waals surface area (Å²) in [5, 5.41) is 0. The average molecular weight is 319 g/mol. The van der Waals surface area contributed by atoms with E-state index in [1.807, 2.05) is 23.5 Å². The molecule has 0 amide bonds. The van der Waals surface area contributed by atoms with Crippen LogP contribution in [-0.2, 0) is 0 Å². The van der Waals surface area contributed by atoms with Gasteiger partial charge in [-0.3, -0.25) is 4.90 Å². The Hall–Kier alpha value is -2.04. The van der Waals surface area contributed by atoms with E-state index in [4.69, 9.17) is 4.74 Å². The van der Waals surface area contributed by atoms with E-state index in [0.717, 1.165) is 11.5 Å². The molecule has 3 heterocycles. The minimum Gasteiger partial charge on any atom is -0.453 e. The van der Waals surface area contributed by atoms with Crippen LogP contribution in [0, 0.1) is 0 Å². The minimum atomic E-state index is 0.946. The van der Waals surface area contributed by atoms with Crippen molar-refractivity contribution in [1.29, 1.82) is 0 Å². The highest BCUT2D eigenvalue weighted by Gasteiger charge is 2.38. The first kappa shape index (κ1) is 11.5. The van der Waals surface area contributed by atoms with Gasteiger partial charge >= 0.3 is 0 Å². The predicted octanol–water partition coefficient (Wildman–Crippen LogP) is 6.19. The van der Waals surface area contributed by atoms with Crippen molar-refractivity contribution in [2.45, 2.75) is 19.6 Å². The Morgan fingerprint density at radius 3 is 1.59 bits per heavy atom. The molecular formula is C18H9NOS2. The molecule has 3 aliphatic rings. The third-order valence-electron chi connectivity index (χ3n) is 4.22. The zero-order valence-electron chi connectivity index (χ0n) is 11.4. The second-order valence-corrected chi connectivity index (χ2v) is 7.62. The van der Waals surface area contributed by atoms with E-state index in [1.54, 1.807) is 0 Å². The van der Waals surface area contributed by atoms with E-state index >= 15 is 0 Å². The summed E-state index contributed by atoms with van der Waals surface area (Å²) in [6.07, 6.45) is 0. The molecule has 0 saturated heterocycles. The number of nitrogens with zero attached hydrogens (tertiary/aromatic N) is 1. The molecule has 4 heteroatoms. The van der Waals surface area contributed by atoms with Crippen LogP contribution in [0.15, 0.2) is 74.2 Å². The third kappa shape index (κ3) is 1.26. The van der Waals surface area contributed by atoms with Crippen LogP contribution in [0.4, 0.5) is 17.1 Å². The van der Waals surface area contributed by atoms with Gasteiger partial charge in [0.05, 0.1) is 5.69 Å². The van der Waals surface area contributed by atoms with Gasteiger partial charge in [-0.15, -0.1) is 0 Å². The lowest BCUT2D eigenvalue weighted by molar-refractivity contribution is 0.472. The number of anilines is 3. The maximum absolute atomic E-state index is 6.18. The fourth-order valence-electron chi connectivity index (χ4n) is 3.35. The van der Waals surface area contributed by atoms with Crippen molar-refractivity contribution in [3.63, 3.8) is 0 Å². The minimum absolute atomic E-state index is 0.946. The van der Waals surface area contributed by atoms with E-state index in [0.29, 0.717) is 0 Å². The van der Waals surface area contributed by atoms with Crippen molar-refractivity contribution in [2.24, 2.45) is 0 Å². The summed E-state index contributed by atoms with van der Waals surface area (Å²) in [4.78, 5) is 7.55. The molecule has 2 nitrogen and oxygen atoms in total. The molecule has 104 valence electrons. The Labute approximate surface area is 136 Å². The summed E-state index contributed by atoms with van der Waals surface area (Å²) >= 11 is 3.67. The SMILES string of the molecule is c1cc2c3c(c1)Sc1cccc4c1N3c1c(cccc1S4)O2. The average Bonchev–Trinajstić information content (AvgIpc) is 2.55. The molecule has 0 bridgehead atoms. The summed E-state index contributed by atoms with van der Waals surface area (Å²) in [7, 11) is 0. The van der Waals surface area contributed by atoms with Gasteiger partial charge in [-0.05, 0) is 36.4 Å². The molecule has 3 aromatic carbocycles. The zero-order valence-corrected chi connectivity index (χ0v) is 13.0. The molecule has 22 heavy (non-hydrogen) atoms. The third-order valence-corrected chi connectivity index (χ3v) is 6.41. The number of hydrogen-bond acceptors (Lipinski definition) is 4. The van der Waals surface area contributed by atoms with Crippen LogP contribution in [0.25, 0.3) is 0 Å². The Bertz CT molecular complexity index is 795. The van der Waals surface area contributed by atoms with E-state index < -0.39 is 0 Å². The number of benzene rings is 3. The molecule has 3 aliphatic heterocycles. The summed E-state index contributed by atoms with van der Waals surface area (Å²) in [6, 6.07) is 19.2. The van der Waals surface area contributed by atoms with Crippen molar-refractivity contribution < 1.29 is 4.74 Å². The molecule has 0 saturated carbocycles. The van der Waals surface area contributed by atoms with Crippen LogP contribution >= 0.6 is 23.5 Å². The maximum atomic E-state index is 6.18. The lowest BCUT2D eigenvalue weighted by Crippen LogP contribution is -2.22. The smallest absolute Gasteiger partial charge is 0.152 e. The van der Waals surface area contributed by atoms with Crippen molar-refractivity contribution in [1.82, 2.24) is 0 Å². The Balaban J connectivity index is 1.80. The van der Waals surface area contributed by atoms with Crippen LogP contribution in [-0.4, -0.2) is 0 Å². The fraction of sp³-hybridized carbons (Fsp3) is 0. The van der Waals surface area contributed by atoms with Gasteiger partial charge in [0, 0.05) is 19.6 Å². The van der Waals surface area contributed by atoms with Gasteiger partial charge in [0.2, 0.25) is 0 Å². The van der Waals surface area contributed by atoms with Crippen LogP contribution in [0.5, 0.6) is 11.5 Å². The number of para-hydroxylation sites is 3. The van der Waals surface area contributed by atoms with Crippen LogP contribution in [0.3, 0.4) is 0 Å². The molecule has 0 unspecified atom stereocenters. The number of hydrogen-bond donors (Lipinski definition) is 0. The number of ether oxygens (including phenoxy) is 1. The van der Waals surface area contributed by atoms with Crippen LogP contribution in [0.1, 0.15) is 0 Å². The fourth-order valence-corrected chi connectivity index (χ4v) is 5.65. The summed E-state index contributed by atoms with van der Waals surface area (Å²) < 4.78 is 6.18. The van der Waals surface area contributed by atoms with Gasteiger partial charge in [0.1, 0.15) is 11.4 Å². The highest BCUT2D eigenvalue weighted by Crippen LogP contribution is 2.66. The van der Waals surface area contributed by atoms with Crippen LogP contribution in [0.2, 0.25) is 0 Å². The van der Waals surface area contributed by atoms with Gasteiger partial charge < -0.3 is 4.74 Å². The Morgan fingerprint density at radius 1 is 0.591 bits per heavy atom. The van der Waals surface area contributed by atoms with E-state index in [2.05, 4.69) is 59.5 Å². The maximum Gasteiger partial charge on any atom is 0.152 e. The second-order valence-electron chi connectivity index (χ2n) is 5.45. The summed E-state index contributed by atoms with van der Waals surface area (Å²) in [5.41, 5.74) is 3.68. The summed E-state index contributed by atoms with van der Waals surface area (Å²) in [5.74, 6) is 1.89. The predicted molar refractivity (Wildman–Crippen MR) is 89.4 cm³/mol. The van der Waals surface area contributed by atoms with E-state index in [-0.39, 0.29) is 0 Å². The van der Waals surface area contributed by atoms with Crippen molar-refractivity contribution >= 4 is 40.6 Å². The monoisotopic (exact) mass is 319 g/mol. The molecule has 0 aliphatic carbocycles. The summed E-state index contributed by atoms with van der Waals surface area (Å²) in [6.45, 7) is 0. The molecule has 6 rings (SSSR count). The normalized spacial score (nSPS) is 15.2. The van der Waals surface area contributed by atoms with Gasteiger partial charge in [-0.2, -0.15) is 0 Å². The highest BCUT2D eigenvalue weighted by molar-refractivity contribution is 8.00. The number of rotatable bonds is 0. The lowest BCUT2D eigenvalue weighted by Gasteiger charge is -2.42. The molecule has 0 spiro atoms. The zero-order chi connectivity index (χ0) is 14.3. The Kier molecular flexibility index (Phi) is 2.01. The van der Waals surface area contributed by atoms with E-state index in [9.17, 15) is 0 Å².